The molecule has 1 aromatic rings. The fourth-order valence-electron chi connectivity index (χ4n) is 2.70. The Morgan fingerprint density at radius 2 is 2.38 bits per heavy atom. The van der Waals surface area contributed by atoms with Gasteiger partial charge in [0.25, 0.3) is 0 Å². The first kappa shape index (κ1) is 9.70. The Morgan fingerprint density at radius 1 is 1.44 bits per heavy atom. The molecule has 0 aliphatic heterocycles. The van der Waals surface area contributed by atoms with E-state index < -0.39 is 0 Å². The van der Waals surface area contributed by atoms with Gasteiger partial charge in [0.15, 0.2) is 0 Å². The van der Waals surface area contributed by atoms with Crippen LogP contribution in [0.5, 0.6) is 0 Å². The van der Waals surface area contributed by atoms with Crippen molar-refractivity contribution in [1.82, 2.24) is 0 Å². The number of hydrogen-bond donors (Lipinski definition) is 0. The molecule has 1 heterocycles. The average molecular weight is 218 g/mol. The predicted molar refractivity (Wildman–Crippen MR) is 57.3 cm³/mol. The third kappa shape index (κ3) is 1.66. The summed E-state index contributed by atoms with van der Waals surface area (Å²) in [5.41, 5.74) is 0. The Kier molecular flexibility index (Phi) is 2.31. The van der Waals surface area contributed by atoms with Crippen molar-refractivity contribution in [1.29, 1.82) is 0 Å². The highest BCUT2D eigenvalue weighted by Crippen LogP contribution is 2.43. The number of rotatable bonds is 3. The summed E-state index contributed by atoms with van der Waals surface area (Å²) in [5, 5.41) is 0. The van der Waals surface area contributed by atoms with Crippen LogP contribution in [0.4, 0.5) is 0 Å². The van der Waals surface area contributed by atoms with E-state index in [1.807, 2.05) is 6.07 Å². The second kappa shape index (κ2) is 3.81. The lowest BCUT2D eigenvalue weighted by Gasteiger charge is -2.15. The number of ether oxygens (including phenoxy) is 1. The molecule has 2 aliphatic rings. The second-order valence-corrected chi connectivity index (χ2v) is 4.57. The van der Waals surface area contributed by atoms with Crippen LogP contribution >= 0.6 is 0 Å². The molecule has 1 aromatic heterocycles. The van der Waals surface area contributed by atoms with Crippen LogP contribution in [0.2, 0.25) is 0 Å². The number of fused-ring (bicyclic) bond motifs is 2. The monoisotopic (exact) mass is 218 g/mol. The number of furan rings is 1. The van der Waals surface area contributed by atoms with Gasteiger partial charge in [0.05, 0.1) is 12.2 Å². The quantitative estimate of drug-likeness (QED) is 0.578. The summed E-state index contributed by atoms with van der Waals surface area (Å²) in [6.07, 6.45) is 8.05. The van der Waals surface area contributed by atoms with E-state index in [0.29, 0.717) is 17.6 Å². The highest BCUT2D eigenvalue weighted by molar-refractivity contribution is 5.74. The van der Waals surface area contributed by atoms with Gasteiger partial charge in [-0.05, 0) is 36.8 Å². The van der Waals surface area contributed by atoms with Crippen LogP contribution in [0.15, 0.2) is 35.0 Å². The third-order valence-corrected chi connectivity index (χ3v) is 3.52. The predicted octanol–water partition coefficient (Wildman–Crippen LogP) is 2.54. The molecular formula is C13H14O3. The maximum atomic E-state index is 11.8. The summed E-state index contributed by atoms with van der Waals surface area (Å²) in [5.74, 6) is 1.71. The van der Waals surface area contributed by atoms with Crippen molar-refractivity contribution in [2.75, 3.05) is 0 Å². The van der Waals surface area contributed by atoms with E-state index >= 15 is 0 Å². The SMILES string of the molecule is O=C(OCc1ccco1)C1C[C@@H]2C=C[C@@H]1C2. The van der Waals surface area contributed by atoms with Crippen LogP contribution in [-0.2, 0) is 16.1 Å². The van der Waals surface area contributed by atoms with Gasteiger partial charge in [-0.15, -0.1) is 0 Å². The lowest BCUT2D eigenvalue weighted by molar-refractivity contribution is -0.151. The summed E-state index contributed by atoms with van der Waals surface area (Å²) < 4.78 is 10.4. The van der Waals surface area contributed by atoms with E-state index in [2.05, 4.69) is 12.2 Å². The van der Waals surface area contributed by atoms with Gasteiger partial charge in [0, 0.05) is 0 Å². The van der Waals surface area contributed by atoms with Crippen LogP contribution in [0.3, 0.4) is 0 Å². The summed E-state index contributed by atoms with van der Waals surface area (Å²) in [4.78, 5) is 11.8. The lowest BCUT2D eigenvalue weighted by Crippen LogP contribution is -2.21. The standard InChI is InChI=1S/C13H14O3/c14-13(16-8-11-2-1-5-15-11)12-7-9-3-4-10(12)6-9/h1-5,9-10,12H,6-8H2/t9-,10-,12?/m1/s1. The molecule has 3 atom stereocenters. The lowest BCUT2D eigenvalue weighted by atomic mass is 9.94. The molecule has 3 nitrogen and oxygen atoms in total. The molecule has 1 saturated carbocycles. The van der Waals surface area contributed by atoms with Crippen LogP contribution < -0.4 is 0 Å². The molecular weight excluding hydrogens is 204 g/mol. The molecule has 3 heteroatoms. The van der Waals surface area contributed by atoms with Gasteiger partial charge in [-0.25, -0.2) is 0 Å². The summed E-state index contributed by atoms with van der Waals surface area (Å²) in [7, 11) is 0. The molecule has 0 radical (unpaired) electrons. The zero-order chi connectivity index (χ0) is 11.0. The van der Waals surface area contributed by atoms with Crippen LogP contribution in [0.1, 0.15) is 18.6 Å². The minimum absolute atomic E-state index is 0.0740. The van der Waals surface area contributed by atoms with Crippen LogP contribution in [0, 0.1) is 17.8 Å². The molecule has 0 saturated heterocycles. The summed E-state index contributed by atoms with van der Waals surface area (Å²) in [6, 6.07) is 3.61. The molecule has 0 amide bonds. The number of allylic oxidation sites excluding steroid dienone is 2. The Balaban J connectivity index is 1.56. The molecule has 1 unspecified atom stereocenters. The van der Waals surface area contributed by atoms with Gasteiger partial charge >= 0.3 is 5.97 Å². The molecule has 0 spiro atoms. The fraction of sp³-hybridized carbons (Fsp3) is 0.462. The Morgan fingerprint density at radius 3 is 3.00 bits per heavy atom. The smallest absolute Gasteiger partial charge is 0.309 e. The largest absolute Gasteiger partial charge is 0.466 e. The van der Waals surface area contributed by atoms with Crippen molar-refractivity contribution in [3.63, 3.8) is 0 Å². The van der Waals surface area contributed by atoms with Crippen molar-refractivity contribution in [2.24, 2.45) is 17.8 Å². The van der Waals surface area contributed by atoms with Crippen molar-refractivity contribution in [2.45, 2.75) is 19.4 Å². The molecule has 2 aliphatic carbocycles. The Bertz CT molecular complexity index is 405. The normalized spacial score (nSPS) is 30.9. The minimum atomic E-state index is -0.0757. The first-order valence-corrected chi connectivity index (χ1v) is 5.70. The van der Waals surface area contributed by atoms with Crippen LogP contribution in [-0.4, -0.2) is 5.97 Å². The van der Waals surface area contributed by atoms with Gasteiger partial charge in [-0.3, -0.25) is 4.79 Å². The molecule has 3 rings (SSSR count). The zero-order valence-electron chi connectivity index (χ0n) is 8.96. The van der Waals surface area contributed by atoms with E-state index in [4.69, 9.17) is 9.15 Å². The molecule has 16 heavy (non-hydrogen) atoms. The highest BCUT2D eigenvalue weighted by atomic mass is 16.5. The van der Waals surface area contributed by atoms with Crippen molar-refractivity contribution >= 4 is 5.97 Å². The zero-order valence-corrected chi connectivity index (χ0v) is 8.96. The third-order valence-electron chi connectivity index (χ3n) is 3.52. The van der Waals surface area contributed by atoms with Crippen molar-refractivity contribution < 1.29 is 13.9 Å². The van der Waals surface area contributed by atoms with Crippen LogP contribution in [0.25, 0.3) is 0 Å². The minimum Gasteiger partial charge on any atom is -0.466 e. The number of carbonyl (C=O) groups is 1. The van der Waals surface area contributed by atoms with Gasteiger partial charge in [0.2, 0.25) is 0 Å². The first-order chi connectivity index (χ1) is 7.83. The van der Waals surface area contributed by atoms with Crippen molar-refractivity contribution in [3.8, 4) is 0 Å². The number of esters is 1. The van der Waals surface area contributed by atoms with Gasteiger partial charge < -0.3 is 9.15 Å². The fourth-order valence-corrected chi connectivity index (χ4v) is 2.70. The van der Waals surface area contributed by atoms with E-state index in [9.17, 15) is 4.79 Å². The molecule has 0 N–H and O–H groups in total. The van der Waals surface area contributed by atoms with Gasteiger partial charge in [0.1, 0.15) is 12.4 Å². The molecule has 2 bridgehead atoms. The second-order valence-electron chi connectivity index (χ2n) is 4.57. The van der Waals surface area contributed by atoms with E-state index in [0.717, 1.165) is 12.8 Å². The molecule has 1 fully saturated rings. The summed E-state index contributed by atoms with van der Waals surface area (Å²) in [6.45, 7) is 0.253. The van der Waals surface area contributed by atoms with E-state index in [1.165, 1.54) is 0 Å². The van der Waals surface area contributed by atoms with Gasteiger partial charge in [-0.1, -0.05) is 12.2 Å². The Hall–Kier alpha value is -1.51. The molecule has 84 valence electrons. The topological polar surface area (TPSA) is 39.4 Å². The Labute approximate surface area is 94.1 Å². The van der Waals surface area contributed by atoms with Gasteiger partial charge in [-0.2, -0.15) is 0 Å². The number of carbonyl (C=O) groups excluding carboxylic acids is 1. The van der Waals surface area contributed by atoms with E-state index in [-0.39, 0.29) is 18.5 Å². The summed E-state index contributed by atoms with van der Waals surface area (Å²) >= 11 is 0. The average Bonchev–Trinajstić information content (AvgIpc) is 3.01. The van der Waals surface area contributed by atoms with E-state index in [1.54, 1.807) is 12.3 Å². The highest BCUT2D eigenvalue weighted by Gasteiger charge is 2.40. The first-order valence-electron chi connectivity index (χ1n) is 5.70. The van der Waals surface area contributed by atoms with Crippen molar-refractivity contribution in [3.05, 3.63) is 36.3 Å². The molecule has 0 aromatic carbocycles. The maximum absolute atomic E-state index is 11.8. The maximum Gasteiger partial charge on any atom is 0.309 e. The number of hydrogen-bond acceptors (Lipinski definition) is 3.